The van der Waals surface area contributed by atoms with Crippen LogP contribution < -0.4 is 4.72 Å². The summed E-state index contributed by atoms with van der Waals surface area (Å²) < 4.78 is 30.6. The van der Waals surface area contributed by atoms with Gasteiger partial charge in [0.25, 0.3) is 10.0 Å². The molecule has 0 saturated carbocycles. The second kappa shape index (κ2) is 7.32. The minimum atomic E-state index is -3.83. The minimum absolute atomic E-state index is 0.129. The third-order valence-corrected chi connectivity index (χ3v) is 5.69. The van der Waals surface area contributed by atoms with E-state index < -0.39 is 10.0 Å². The zero-order chi connectivity index (χ0) is 19.6. The van der Waals surface area contributed by atoms with Crippen molar-refractivity contribution in [3.8, 4) is 16.9 Å². The molecule has 1 aromatic heterocycles. The summed E-state index contributed by atoms with van der Waals surface area (Å²) in [4.78, 5) is 0.129. The van der Waals surface area contributed by atoms with Crippen LogP contribution in [0.4, 0.5) is 5.69 Å². The summed E-state index contributed by atoms with van der Waals surface area (Å²) in [5.74, 6) is 0. The van der Waals surface area contributed by atoms with Crippen LogP contribution in [0.3, 0.4) is 0 Å². The molecule has 5 nitrogen and oxygen atoms in total. The molecule has 4 aromatic rings. The van der Waals surface area contributed by atoms with Crippen LogP contribution in [0.2, 0.25) is 0 Å². The number of aromatic nitrogens is 2. The molecule has 140 valence electrons. The minimum Gasteiger partial charge on any atom is -0.280 e. The van der Waals surface area contributed by atoms with Crippen LogP contribution in [-0.2, 0) is 10.0 Å². The van der Waals surface area contributed by atoms with Crippen molar-refractivity contribution in [1.29, 1.82) is 0 Å². The number of nitrogens with zero attached hydrogens (tertiary/aromatic N) is 2. The van der Waals surface area contributed by atoms with Crippen LogP contribution >= 0.6 is 0 Å². The van der Waals surface area contributed by atoms with Crippen LogP contribution in [0.1, 0.15) is 5.56 Å². The van der Waals surface area contributed by atoms with Crippen molar-refractivity contribution in [2.45, 2.75) is 11.8 Å². The summed E-state index contributed by atoms with van der Waals surface area (Å²) in [6.07, 6.45) is 1.55. The third kappa shape index (κ3) is 3.68. The van der Waals surface area contributed by atoms with Crippen molar-refractivity contribution >= 4 is 15.7 Å². The zero-order valence-corrected chi connectivity index (χ0v) is 16.1. The Bertz CT molecular complexity index is 1200. The molecule has 0 radical (unpaired) electrons. The molecule has 28 heavy (non-hydrogen) atoms. The average Bonchev–Trinajstić information content (AvgIpc) is 3.16. The van der Waals surface area contributed by atoms with E-state index in [2.05, 4.69) is 9.82 Å². The molecular weight excluding hydrogens is 370 g/mol. The molecule has 0 aliphatic heterocycles. The first kappa shape index (κ1) is 18.0. The van der Waals surface area contributed by atoms with E-state index in [9.17, 15) is 8.42 Å². The van der Waals surface area contributed by atoms with Gasteiger partial charge in [-0.1, -0.05) is 60.7 Å². The number of para-hydroxylation sites is 1. The van der Waals surface area contributed by atoms with Gasteiger partial charge in [-0.2, -0.15) is 5.10 Å². The van der Waals surface area contributed by atoms with E-state index in [1.54, 1.807) is 23.0 Å². The molecule has 1 heterocycles. The van der Waals surface area contributed by atoms with Gasteiger partial charge in [-0.3, -0.25) is 4.72 Å². The molecule has 0 fully saturated rings. The number of anilines is 1. The van der Waals surface area contributed by atoms with Gasteiger partial charge in [0.1, 0.15) is 10.6 Å². The first-order valence-electron chi connectivity index (χ1n) is 8.83. The van der Waals surface area contributed by atoms with Gasteiger partial charge in [0.05, 0.1) is 11.9 Å². The molecule has 0 aliphatic rings. The van der Waals surface area contributed by atoms with E-state index in [0.717, 1.165) is 16.8 Å². The topological polar surface area (TPSA) is 64.0 Å². The maximum atomic E-state index is 13.2. The number of hydrogen-bond acceptors (Lipinski definition) is 3. The van der Waals surface area contributed by atoms with Gasteiger partial charge >= 0.3 is 0 Å². The summed E-state index contributed by atoms with van der Waals surface area (Å²) in [7, 11) is -3.83. The molecule has 0 bridgehead atoms. The maximum absolute atomic E-state index is 13.2. The summed E-state index contributed by atoms with van der Waals surface area (Å²) in [6, 6.07) is 26.0. The fraction of sp³-hybridized carbons (Fsp3) is 0.0455. The molecule has 0 amide bonds. The number of hydrogen-bond donors (Lipinski definition) is 1. The van der Waals surface area contributed by atoms with Crippen LogP contribution in [0.15, 0.2) is 96.0 Å². The average molecular weight is 389 g/mol. The molecular formula is C22H19N3O2S. The first-order valence-corrected chi connectivity index (χ1v) is 10.3. The lowest BCUT2D eigenvalue weighted by Gasteiger charge is -2.08. The Balaban J connectivity index is 1.83. The van der Waals surface area contributed by atoms with Crippen molar-refractivity contribution < 1.29 is 8.42 Å². The number of sulfonamides is 1. The van der Waals surface area contributed by atoms with E-state index in [1.807, 2.05) is 79.7 Å². The molecule has 0 saturated heterocycles. The van der Waals surface area contributed by atoms with Gasteiger partial charge in [0.15, 0.2) is 0 Å². The highest BCUT2D eigenvalue weighted by atomic mass is 32.2. The van der Waals surface area contributed by atoms with E-state index in [1.165, 1.54) is 0 Å². The number of rotatable bonds is 5. The van der Waals surface area contributed by atoms with Crippen LogP contribution in [-0.4, -0.2) is 18.2 Å². The lowest BCUT2D eigenvalue weighted by Crippen LogP contribution is -2.13. The second-order valence-electron chi connectivity index (χ2n) is 6.46. The SMILES string of the molecule is Cc1cccc(NS(=O)(=O)c2cn(-c3ccccc3)nc2-c2ccccc2)c1. The lowest BCUT2D eigenvalue weighted by molar-refractivity contribution is 0.601. The molecule has 3 aromatic carbocycles. The van der Waals surface area contributed by atoms with Gasteiger partial charge in [-0.25, -0.2) is 13.1 Å². The Labute approximate surface area is 164 Å². The van der Waals surface area contributed by atoms with Crippen molar-refractivity contribution in [3.63, 3.8) is 0 Å². The third-order valence-electron chi connectivity index (χ3n) is 4.31. The Kier molecular flexibility index (Phi) is 4.71. The highest BCUT2D eigenvalue weighted by Gasteiger charge is 2.24. The molecule has 0 unspecified atom stereocenters. The summed E-state index contributed by atoms with van der Waals surface area (Å²) in [6.45, 7) is 1.92. The molecule has 6 heteroatoms. The highest BCUT2D eigenvalue weighted by molar-refractivity contribution is 7.92. The van der Waals surface area contributed by atoms with E-state index in [-0.39, 0.29) is 4.90 Å². The quantitative estimate of drug-likeness (QED) is 0.540. The number of aryl methyl sites for hydroxylation is 1. The summed E-state index contributed by atoms with van der Waals surface area (Å²) >= 11 is 0. The fourth-order valence-electron chi connectivity index (χ4n) is 2.98. The molecule has 0 atom stereocenters. The van der Waals surface area contributed by atoms with Gasteiger partial charge in [-0.05, 0) is 36.8 Å². The monoisotopic (exact) mass is 389 g/mol. The van der Waals surface area contributed by atoms with Gasteiger partial charge in [0, 0.05) is 11.3 Å². The second-order valence-corrected chi connectivity index (χ2v) is 8.11. The Morgan fingerprint density at radius 3 is 2.21 bits per heavy atom. The summed E-state index contributed by atoms with van der Waals surface area (Å²) in [5, 5.41) is 4.57. The lowest BCUT2D eigenvalue weighted by atomic mass is 10.2. The number of benzene rings is 3. The molecule has 0 spiro atoms. The highest BCUT2D eigenvalue weighted by Crippen LogP contribution is 2.29. The number of nitrogens with one attached hydrogen (secondary N) is 1. The van der Waals surface area contributed by atoms with Crippen LogP contribution in [0.5, 0.6) is 0 Å². The zero-order valence-electron chi connectivity index (χ0n) is 15.3. The van der Waals surface area contributed by atoms with Crippen molar-refractivity contribution in [2.24, 2.45) is 0 Å². The maximum Gasteiger partial charge on any atom is 0.265 e. The van der Waals surface area contributed by atoms with E-state index in [0.29, 0.717) is 11.4 Å². The molecule has 4 rings (SSSR count). The van der Waals surface area contributed by atoms with Crippen molar-refractivity contribution in [3.05, 3.63) is 96.7 Å². The Morgan fingerprint density at radius 1 is 0.857 bits per heavy atom. The normalized spacial score (nSPS) is 11.3. The van der Waals surface area contributed by atoms with E-state index >= 15 is 0 Å². The fourth-order valence-corrected chi connectivity index (χ4v) is 4.18. The van der Waals surface area contributed by atoms with Crippen LogP contribution in [0.25, 0.3) is 16.9 Å². The summed E-state index contributed by atoms with van der Waals surface area (Å²) in [5.41, 5.74) is 3.43. The van der Waals surface area contributed by atoms with E-state index in [4.69, 9.17) is 0 Å². The van der Waals surface area contributed by atoms with Crippen molar-refractivity contribution in [2.75, 3.05) is 4.72 Å². The van der Waals surface area contributed by atoms with Gasteiger partial charge in [-0.15, -0.1) is 0 Å². The first-order chi connectivity index (χ1) is 13.5. The molecule has 1 N–H and O–H groups in total. The molecule has 0 aliphatic carbocycles. The Hall–Kier alpha value is -3.38. The smallest absolute Gasteiger partial charge is 0.265 e. The predicted molar refractivity (Wildman–Crippen MR) is 111 cm³/mol. The van der Waals surface area contributed by atoms with Crippen molar-refractivity contribution in [1.82, 2.24) is 9.78 Å². The standard InChI is InChI=1S/C22H19N3O2S/c1-17-9-8-12-19(15-17)24-28(26,27)21-16-25(20-13-6-3-7-14-20)23-22(21)18-10-4-2-5-11-18/h2-16,24H,1H3. The Morgan fingerprint density at radius 2 is 1.54 bits per heavy atom. The van der Waals surface area contributed by atoms with Gasteiger partial charge < -0.3 is 0 Å². The largest absolute Gasteiger partial charge is 0.280 e. The predicted octanol–water partition coefficient (Wildman–Crippen LogP) is 4.65. The van der Waals surface area contributed by atoms with Gasteiger partial charge in [0.2, 0.25) is 0 Å². The van der Waals surface area contributed by atoms with Crippen LogP contribution in [0, 0.1) is 6.92 Å².